The minimum atomic E-state index is -0.363. The van der Waals surface area contributed by atoms with Crippen LogP contribution in [-0.2, 0) is 0 Å². The molecule has 3 heteroatoms. The van der Waals surface area contributed by atoms with Crippen molar-refractivity contribution in [1.82, 2.24) is 0 Å². The van der Waals surface area contributed by atoms with E-state index in [1.165, 1.54) is 0 Å². The Kier molecular flexibility index (Phi) is 3.95. The summed E-state index contributed by atoms with van der Waals surface area (Å²) in [5, 5.41) is 0. The fraction of sp³-hybridized carbons (Fsp3) is 0.125. The van der Waals surface area contributed by atoms with E-state index < -0.39 is 0 Å². The standard InChI is InChI=1S/C8H9NO.Li.H/c1-6-4-2-3-5-7(6)8(9)10;;/h2-5H,1H3,(H2,9,10);;. The van der Waals surface area contributed by atoms with Crippen LogP contribution in [0.5, 0.6) is 0 Å². The number of primary amides is 1. The number of rotatable bonds is 1. The Labute approximate surface area is 78.0 Å². The molecule has 0 spiro atoms. The van der Waals surface area contributed by atoms with E-state index in [0.717, 1.165) is 5.56 Å². The van der Waals surface area contributed by atoms with Crippen LogP contribution < -0.4 is 5.73 Å². The Morgan fingerprint density at radius 2 is 1.91 bits per heavy atom. The van der Waals surface area contributed by atoms with E-state index in [9.17, 15) is 4.79 Å². The number of carbonyl (C=O) groups excluding carboxylic acids is 1. The van der Waals surface area contributed by atoms with Gasteiger partial charge in [-0.3, -0.25) is 4.79 Å². The Morgan fingerprint density at radius 3 is 2.27 bits per heavy atom. The molecule has 1 rings (SSSR count). The van der Waals surface area contributed by atoms with Gasteiger partial charge in [-0.15, -0.1) is 0 Å². The van der Waals surface area contributed by atoms with E-state index in [1.54, 1.807) is 12.1 Å². The first-order valence-corrected chi connectivity index (χ1v) is 3.07. The molecule has 0 saturated heterocycles. The van der Waals surface area contributed by atoms with Crippen LogP contribution in [-0.4, -0.2) is 24.8 Å². The number of nitrogens with two attached hydrogens (primary N) is 1. The molecule has 0 aliphatic carbocycles. The van der Waals surface area contributed by atoms with Crippen molar-refractivity contribution in [1.29, 1.82) is 0 Å². The summed E-state index contributed by atoms with van der Waals surface area (Å²) in [6, 6.07) is 7.26. The number of benzene rings is 1. The zero-order valence-electron chi connectivity index (χ0n) is 5.79. The Morgan fingerprint density at radius 1 is 1.36 bits per heavy atom. The van der Waals surface area contributed by atoms with Crippen molar-refractivity contribution >= 4 is 24.8 Å². The zero-order valence-corrected chi connectivity index (χ0v) is 5.79. The monoisotopic (exact) mass is 143 g/mol. The van der Waals surface area contributed by atoms with Crippen LogP contribution >= 0.6 is 0 Å². The first-order chi connectivity index (χ1) is 4.72. The Balaban J connectivity index is 0.000001000. The summed E-state index contributed by atoms with van der Waals surface area (Å²) in [4.78, 5) is 10.6. The molecule has 0 aromatic heterocycles. The van der Waals surface area contributed by atoms with Crippen LogP contribution in [0.2, 0.25) is 0 Å². The van der Waals surface area contributed by atoms with Crippen LogP contribution in [0.15, 0.2) is 24.3 Å². The van der Waals surface area contributed by atoms with Crippen LogP contribution in [0.25, 0.3) is 0 Å². The summed E-state index contributed by atoms with van der Waals surface area (Å²) >= 11 is 0. The van der Waals surface area contributed by atoms with Crippen LogP contribution in [0.4, 0.5) is 0 Å². The number of hydrogen-bond donors (Lipinski definition) is 1. The van der Waals surface area contributed by atoms with Crippen LogP contribution in [0, 0.1) is 6.92 Å². The van der Waals surface area contributed by atoms with Gasteiger partial charge in [-0.25, -0.2) is 0 Å². The van der Waals surface area contributed by atoms with Crippen molar-refractivity contribution in [2.45, 2.75) is 6.92 Å². The van der Waals surface area contributed by atoms with Crippen LogP contribution in [0.3, 0.4) is 0 Å². The number of amides is 1. The van der Waals surface area contributed by atoms with Crippen molar-refractivity contribution in [2.75, 3.05) is 0 Å². The summed E-state index contributed by atoms with van der Waals surface area (Å²) < 4.78 is 0. The molecule has 0 atom stereocenters. The van der Waals surface area contributed by atoms with Gasteiger partial charge in [0.05, 0.1) is 0 Å². The van der Waals surface area contributed by atoms with Crippen molar-refractivity contribution in [2.24, 2.45) is 5.73 Å². The SMILES string of the molecule is Cc1ccccc1C(N)=O.[LiH]. The van der Waals surface area contributed by atoms with Gasteiger partial charge in [-0.05, 0) is 18.6 Å². The quantitative estimate of drug-likeness (QED) is 0.569. The topological polar surface area (TPSA) is 43.1 Å². The molecule has 0 unspecified atom stereocenters. The van der Waals surface area contributed by atoms with E-state index in [0.29, 0.717) is 5.56 Å². The molecule has 1 amide bonds. The van der Waals surface area contributed by atoms with E-state index in [-0.39, 0.29) is 24.8 Å². The van der Waals surface area contributed by atoms with E-state index in [4.69, 9.17) is 5.73 Å². The molecular weight excluding hydrogens is 133 g/mol. The Bertz CT molecular complexity index is 260. The third kappa shape index (κ3) is 2.42. The van der Waals surface area contributed by atoms with Gasteiger partial charge in [0, 0.05) is 5.56 Å². The van der Waals surface area contributed by atoms with E-state index >= 15 is 0 Å². The summed E-state index contributed by atoms with van der Waals surface area (Å²) in [5.74, 6) is -0.363. The van der Waals surface area contributed by atoms with Gasteiger partial charge in [-0.1, -0.05) is 18.2 Å². The normalized spacial score (nSPS) is 8.45. The van der Waals surface area contributed by atoms with Gasteiger partial charge < -0.3 is 5.73 Å². The van der Waals surface area contributed by atoms with Gasteiger partial charge >= 0.3 is 18.9 Å². The number of hydrogen-bond acceptors (Lipinski definition) is 1. The fourth-order valence-electron chi connectivity index (χ4n) is 0.849. The molecule has 0 heterocycles. The summed E-state index contributed by atoms with van der Waals surface area (Å²) in [6.07, 6.45) is 0. The average molecular weight is 143 g/mol. The molecule has 0 saturated carbocycles. The first-order valence-electron chi connectivity index (χ1n) is 3.07. The second-order valence-corrected chi connectivity index (χ2v) is 2.18. The molecule has 11 heavy (non-hydrogen) atoms. The van der Waals surface area contributed by atoms with Gasteiger partial charge in [-0.2, -0.15) is 0 Å². The molecule has 0 radical (unpaired) electrons. The van der Waals surface area contributed by atoms with E-state index in [1.807, 2.05) is 19.1 Å². The molecular formula is C8H10LiNO. The maximum absolute atomic E-state index is 10.6. The second kappa shape index (κ2) is 4.22. The van der Waals surface area contributed by atoms with Gasteiger partial charge in [0.25, 0.3) is 0 Å². The fourth-order valence-corrected chi connectivity index (χ4v) is 0.849. The Hall–Kier alpha value is -0.713. The molecule has 0 fully saturated rings. The predicted octanol–water partition coefficient (Wildman–Crippen LogP) is 0.445. The van der Waals surface area contributed by atoms with Crippen molar-refractivity contribution in [3.63, 3.8) is 0 Å². The molecule has 0 aliphatic heterocycles. The molecule has 2 nitrogen and oxygen atoms in total. The van der Waals surface area contributed by atoms with Gasteiger partial charge in [0.1, 0.15) is 0 Å². The molecule has 0 bridgehead atoms. The number of carbonyl (C=O) groups is 1. The second-order valence-electron chi connectivity index (χ2n) is 2.18. The summed E-state index contributed by atoms with van der Waals surface area (Å²) in [5.41, 5.74) is 6.60. The first kappa shape index (κ1) is 10.3. The van der Waals surface area contributed by atoms with Crippen molar-refractivity contribution in [3.8, 4) is 0 Å². The third-order valence-electron chi connectivity index (χ3n) is 1.41. The van der Waals surface area contributed by atoms with Crippen LogP contribution in [0.1, 0.15) is 15.9 Å². The third-order valence-corrected chi connectivity index (χ3v) is 1.41. The van der Waals surface area contributed by atoms with Gasteiger partial charge in [0.2, 0.25) is 5.91 Å². The molecule has 1 aromatic rings. The minimum absolute atomic E-state index is 0. The van der Waals surface area contributed by atoms with E-state index in [2.05, 4.69) is 0 Å². The van der Waals surface area contributed by atoms with Crippen molar-refractivity contribution < 1.29 is 4.79 Å². The van der Waals surface area contributed by atoms with Gasteiger partial charge in [0.15, 0.2) is 0 Å². The maximum atomic E-state index is 10.6. The molecule has 1 aromatic carbocycles. The molecule has 2 N–H and O–H groups in total. The molecule has 0 aliphatic rings. The zero-order chi connectivity index (χ0) is 7.56. The molecule has 54 valence electrons. The summed E-state index contributed by atoms with van der Waals surface area (Å²) in [6.45, 7) is 1.86. The van der Waals surface area contributed by atoms with Crippen molar-refractivity contribution in [3.05, 3.63) is 35.4 Å². The predicted molar refractivity (Wildman–Crippen MR) is 46.8 cm³/mol. The number of aryl methyl sites for hydroxylation is 1. The average Bonchev–Trinajstić information content (AvgIpc) is 1.88. The summed E-state index contributed by atoms with van der Waals surface area (Å²) in [7, 11) is 0.